The van der Waals surface area contributed by atoms with Crippen molar-refractivity contribution in [2.24, 2.45) is 12.8 Å². The van der Waals surface area contributed by atoms with Crippen LogP contribution in [0, 0.1) is 0 Å². The van der Waals surface area contributed by atoms with E-state index in [0.29, 0.717) is 21.7 Å². The normalized spacial score (nSPS) is 10.9. The zero-order valence-corrected chi connectivity index (χ0v) is 8.95. The molecule has 0 aliphatic heterocycles. The van der Waals surface area contributed by atoms with E-state index < -0.39 is 0 Å². The van der Waals surface area contributed by atoms with Gasteiger partial charge >= 0.3 is 0 Å². The van der Waals surface area contributed by atoms with Gasteiger partial charge in [-0.3, -0.25) is 9.36 Å². The molecule has 0 spiro atoms. The van der Waals surface area contributed by atoms with Crippen LogP contribution in [-0.4, -0.2) is 9.55 Å². The minimum atomic E-state index is -0.0999. The number of nitrogens with zero attached hydrogens (tertiary/aromatic N) is 2. The van der Waals surface area contributed by atoms with Gasteiger partial charge in [0.05, 0.1) is 17.4 Å². The lowest BCUT2D eigenvalue weighted by Crippen LogP contribution is -2.24. The number of hydrogen-bond acceptors (Lipinski definition) is 3. The summed E-state index contributed by atoms with van der Waals surface area (Å²) in [6, 6.07) is 5.01. The predicted molar refractivity (Wildman–Crippen MR) is 59.9 cm³/mol. The Morgan fingerprint density at radius 1 is 1.53 bits per heavy atom. The maximum absolute atomic E-state index is 11.8. The van der Waals surface area contributed by atoms with Crippen LogP contribution >= 0.6 is 11.6 Å². The van der Waals surface area contributed by atoms with Crippen LogP contribution in [0.1, 0.15) is 5.82 Å². The number of rotatable bonds is 1. The Morgan fingerprint density at radius 3 is 2.93 bits per heavy atom. The molecule has 5 heteroatoms. The van der Waals surface area contributed by atoms with E-state index in [0.717, 1.165) is 0 Å². The summed E-state index contributed by atoms with van der Waals surface area (Å²) in [5.74, 6) is 0.551. The fourth-order valence-corrected chi connectivity index (χ4v) is 1.64. The van der Waals surface area contributed by atoms with Gasteiger partial charge in [0.2, 0.25) is 0 Å². The quantitative estimate of drug-likeness (QED) is 0.786. The number of hydrogen-bond donors (Lipinski definition) is 1. The van der Waals surface area contributed by atoms with Gasteiger partial charge in [0, 0.05) is 12.1 Å². The smallest absolute Gasteiger partial charge is 0.261 e. The summed E-state index contributed by atoms with van der Waals surface area (Å²) in [7, 11) is 1.66. The minimum absolute atomic E-state index is 0.0999. The maximum Gasteiger partial charge on any atom is 0.261 e. The van der Waals surface area contributed by atoms with E-state index in [-0.39, 0.29) is 12.1 Å². The van der Waals surface area contributed by atoms with Crippen LogP contribution in [0.2, 0.25) is 5.02 Å². The van der Waals surface area contributed by atoms with Crippen molar-refractivity contribution < 1.29 is 0 Å². The maximum atomic E-state index is 11.8. The molecular weight excluding hydrogens is 214 g/mol. The van der Waals surface area contributed by atoms with Crippen molar-refractivity contribution in [1.29, 1.82) is 0 Å². The summed E-state index contributed by atoms with van der Waals surface area (Å²) < 4.78 is 1.45. The standard InChI is InChI=1S/C10H10ClN3O/c1-14-9(5-12)13-8-4-6(11)2-3-7(8)10(14)15/h2-4H,5,12H2,1H3. The number of halogens is 1. The van der Waals surface area contributed by atoms with E-state index in [1.807, 2.05) is 0 Å². The van der Waals surface area contributed by atoms with E-state index in [9.17, 15) is 4.79 Å². The van der Waals surface area contributed by atoms with Gasteiger partial charge in [-0.2, -0.15) is 0 Å². The summed E-state index contributed by atoms with van der Waals surface area (Å²) in [4.78, 5) is 16.1. The number of nitrogens with two attached hydrogens (primary N) is 1. The third kappa shape index (κ3) is 1.62. The molecule has 1 aromatic heterocycles. The summed E-state index contributed by atoms with van der Waals surface area (Å²) in [5.41, 5.74) is 5.98. The van der Waals surface area contributed by atoms with Gasteiger partial charge in [0.15, 0.2) is 0 Å². The molecule has 0 amide bonds. The van der Waals surface area contributed by atoms with Crippen LogP contribution in [0.25, 0.3) is 10.9 Å². The molecule has 1 aromatic carbocycles. The molecule has 4 nitrogen and oxygen atoms in total. The topological polar surface area (TPSA) is 60.9 Å². The highest BCUT2D eigenvalue weighted by atomic mass is 35.5. The molecule has 0 saturated carbocycles. The van der Waals surface area contributed by atoms with Crippen LogP contribution in [-0.2, 0) is 13.6 Å². The first-order chi connectivity index (χ1) is 7.13. The van der Waals surface area contributed by atoms with Gasteiger partial charge in [-0.15, -0.1) is 0 Å². The lowest BCUT2D eigenvalue weighted by atomic mass is 10.2. The molecule has 2 N–H and O–H groups in total. The lowest BCUT2D eigenvalue weighted by Gasteiger charge is -2.06. The van der Waals surface area contributed by atoms with E-state index in [2.05, 4.69) is 4.98 Å². The van der Waals surface area contributed by atoms with Crippen molar-refractivity contribution in [3.8, 4) is 0 Å². The second kappa shape index (κ2) is 3.64. The molecule has 0 aliphatic carbocycles. The first kappa shape index (κ1) is 10.1. The van der Waals surface area contributed by atoms with Gasteiger partial charge < -0.3 is 5.73 Å². The van der Waals surface area contributed by atoms with Crippen LogP contribution in [0.3, 0.4) is 0 Å². The average Bonchev–Trinajstić information content (AvgIpc) is 2.23. The zero-order chi connectivity index (χ0) is 11.0. The molecule has 78 valence electrons. The molecule has 0 radical (unpaired) electrons. The van der Waals surface area contributed by atoms with Crippen LogP contribution in [0.4, 0.5) is 0 Å². The van der Waals surface area contributed by atoms with Crippen molar-refractivity contribution in [2.45, 2.75) is 6.54 Å². The van der Waals surface area contributed by atoms with Crippen molar-refractivity contribution in [3.63, 3.8) is 0 Å². The van der Waals surface area contributed by atoms with E-state index in [1.165, 1.54) is 4.57 Å². The molecule has 15 heavy (non-hydrogen) atoms. The largest absolute Gasteiger partial charge is 0.324 e. The summed E-state index contributed by atoms with van der Waals surface area (Å²) in [5, 5.41) is 1.12. The second-order valence-corrected chi connectivity index (χ2v) is 3.69. The first-order valence-electron chi connectivity index (χ1n) is 4.48. The monoisotopic (exact) mass is 223 g/mol. The highest BCUT2D eigenvalue weighted by molar-refractivity contribution is 6.31. The second-order valence-electron chi connectivity index (χ2n) is 3.26. The van der Waals surface area contributed by atoms with Crippen molar-refractivity contribution in [2.75, 3.05) is 0 Å². The molecule has 2 rings (SSSR count). The number of aromatic nitrogens is 2. The van der Waals surface area contributed by atoms with Crippen LogP contribution < -0.4 is 11.3 Å². The molecule has 0 aliphatic rings. The molecule has 0 bridgehead atoms. The Kier molecular flexibility index (Phi) is 2.46. The van der Waals surface area contributed by atoms with Crippen LogP contribution in [0.5, 0.6) is 0 Å². The third-order valence-electron chi connectivity index (χ3n) is 2.31. The SMILES string of the molecule is Cn1c(CN)nc2cc(Cl)ccc2c1=O. The van der Waals surface area contributed by atoms with Crippen molar-refractivity contribution >= 4 is 22.5 Å². The summed E-state index contributed by atoms with van der Waals surface area (Å²) >= 11 is 5.83. The molecule has 0 fully saturated rings. The van der Waals surface area contributed by atoms with Crippen molar-refractivity contribution in [3.05, 3.63) is 39.4 Å². The fraction of sp³-hybridized carbons (Fsp3) is 0.200. The van der Waals surface area contributed by atoms with E-state index in [1.54, 1.807) is 25.2 Å². The highest BCUT2D eigenvalue weighted by Gasteiger charge is 2.06. The van der Waals surface area contributed by atoms with Gasteiger partial charge in [-0.1, -0.05) is 11.6 Å². The Labute approximate surface area is 91.3 Å². The van der Waals surface area contributed by atoms with Gasteiger partial charge in [0.1, 0.15) is 5.82 Å². The Morgan fingerprint density at radius 2 is 2.27 bits per heavy atom. The lowest BCUT2D eigenvalue weighted by molar-refractivity contribution is 0.742. The molecule has 2 aromatic rings. The predicted octanol–water partition coefficient (Wildman–Crippen LogP) is 1.05. The first-order valence-corrected chi connectivity index (χ1v) is 4.86. The minimum Gasteiger partial charge on any atom is -0.324 e. The fourth-order valence-electron chi connectivity index (χ4n) is 1.47. The molecule has 1 heterocycles. The Balaban J connectivity index is 2.91. The van der Waals surface area contributed by atoms with Gasteiger partial charge in [-0.05, 0) is 18.2 Å². The van der Waals surface area contributed by atoms with E-state index >= 15 is 0 Å². The number of benzene rings is 1. The highest BCUT2D eigenvalue weighted by Crippen LogP contribution is 2.14. The Bertz CT molecular complexity index is 577. The summed E-state index contributed by atoms with van der Waals surface area (Å²) in [6.45, 7) is 0.230. The number of fused-ring (bicyclic) bond motifs is 1. The molecule has 0 unspecified atom stereocenters. The molecule has 0 atom stereocenters. The zero-order valence-electron chi connectivity index (χ0n) is 8.20. The third-order valence-corrected chi connectivity index (χ3v) is 2.55. The molecular formula is C10H10ClN3O. The van der Waals surface area contributed by atoms with Crippen molar-refractivity contribution in [1.82, 2.24) is 9.55 Å². The average molecular weight is 224 g/mol. The summed E-state index contributed by atoms with van der Waals surface area (Å²) in [6.07, 6.45) is 0. The van der Waals surface area contributed by atoms with Crippen LogP contribution in [0.15, 0.2) is 23.0 Å². The van der Waals surface area contributed by atoms with E-state index in [4.69, 9.17) is 17.3 Å². The Hall–Kier alpha value is -1.39. The van der Waals surface area contributed by atoms with Gasteiger partial charge in [-0.25, -0.2) is 4.98 Å². The molecule has 0 saturated heterocycles. The van der Waals surface area contributed by atoms with Gasteiger partial charge in [0.25, 0.3) is 5.56 Å².